The molecule has 0 amide bonds. The fourth-order valence-corrected chi connectivity index (χ4v) is 6.03. The van der Waals surface area contributed by atoms with Gasteiger partial charge in [-0.05, 0) is 44.1 Å². The Balaban J connectivity index is 0.000000505. The molecule has 0 aromatic heterocycles. The van der Waals surface area contributed by atoms with Gasteiger partial charge >= 0.3 is 18.1 Å². The molecule has 1 fully saturated rings. The van der Waals surface area contributed by atoms with Crippen LogP contribution in [0.4, 0.5) is 13.2 Å². The average molecular weight is 545 g/mol. The van der Waals surface area contributed by atoms with Gasteiger partial charge in [-0.2, -0.15) is 13.2 Å². The van der Waals surface area contributed by atoms with E-state index in [1.54, 1.807) is 6.08 Å². The van der Waals surface area contributed by atoms with Crippen molar-refractivity contribution in [1.29, 1.82) is 0 Å². The smallest absolute Gasteiger partial charge is 0.446 e. The van der Waals surface area contributed by atoms with Crippen LogP contribution in [-0.2, 0) is 31.0 Å². The lowest BCUT2D eigenvalue weighted by Crippen LogP contribution is -2.74. The Morgan fingerprint density at radius 1 is 1.26 bits per heavy atom. The molecule has 1 aromatic carbocycles. The maximum atomic E-state index is 12.4. The molecule has 2 aliphatic heterocycles. The molecule has 2 bridgehead atoms. The van der Waals surface area contributed by atoms with E-state index in [4.69, 9.17) is 24.1 Å². The minimum Gasteiger partial charge on any atom is -0.493 e. The fourth-order valence-electron chi connectivity index (χ4n) is 6.03. The molecular formula is C24H26F3NO10. The number of ether oxygens (including phenoxy) is 3. The third-order valence-electron chi connectivity index (χ3n) is 7.70. The Morgan fingerprint density at radius 2 is 1.92 bits per heavy atom. The molecule has 4 aliphatic rings. The van der Waals surface area contributed by atoms with Crippen molar-refractivity contribution in [2.45, 2.75) is 60.8 Å². The predicted octanol–water partition coefficient (Wildman–Crippen LogP) is 0.0701. The van der Waals surface area contributed by atoms with Crippen LogP contribution in [0.15, 0.2) is 24.0 Å². The Bertz CT molecular complexity index is 1190. The molecule has 0 unspecified atom stereocenters. The summed E-state index contributed by atoms with van der Waals surface area (Å²) in [7, 11) is 3.49. The standard InChI is InChI=1S/C22H25NO9.C2HF3O/c1-23-8-7-21-14-10-3-4-11(30-2)17(14)32-18(21)12(5-6-22(21,29)13(23)9-10)31-20(28)16(25)15(24)19(26)27;3-2(4,5)1-6/h3-5,13,15-16,18,24-25,29H,6-9H2,1-2H3,(H,26,27);1H/t13-,15-,16-,18+,21+,22-;/m1./s1. The van der Waals surface area contributed by atoms with Crippen molar-refractivity contribution in [1.82, 2.24) is 4.90 Å². The number of likely N-dealkylation sites (tertiary alicyclic amines) is 1. The van der Waals surface area contributed by atoms with Crippen LogP contribution in [0.1, 0.15) is 24.0 Å². The number of aliphatic hydroxyl groups is 3. The number of esters is 1. The number of nitrogens with zero attached hydrogens (tertiary/aromatic N) is 1. The van der Waals surface area contributed by atoms with E-state index in [-0.39, 0.29) is 18.2 Å². The summed E-state index contributed by atoms with van der Waals surface area (Å²) < 4.78 is 48.4. The first-order valence-electron chi connectivity index (χ1n) is 11.5. The molecule has 0 saturated carbocycles. The van der Waals surface area contributed by atoms with E-state index in [1.165, 1.54) is 7.11 Å². The third-order valence-corrected chi connectivity index (χ3v) is 7.70. The van der Waals surface area contributed by atoms with Crippen molar-refractivity contribution in [3.05, 3.63) is 35.1 Å². The van der Waals surface area contributed by atoms with Gasteiger partial charge in [0.05, 0.1) is 18.1 Å². The Hall–Kier alpha value is -3.20. The second-order valence-corrected chi connectivity index (χ2v) is 9.59. The van der Waals surface area contributed by atoms with Gasteiger partial charge in [-0.3, -0.25) is 4.79 Å². The summed E-state index contributed by atoms with van der Waals surface area (Å²) in [4.78, 5) is 34.2. The van der Waals surface area contributed by atoms with Crippen molar-refractivity contribution >= 4 is 18.2 Å². The number of aldehydes is 1. The molecule has 1 spiro atoms. The summed E-state index contributed by atoms with van der Waals surface area (Å²) in [5.74, 6) is -1.99. The lowest BCUT2D eigenvalue weighted by atomic mass is 9.50. The first-order valence-corrected chi connectivity index (χ1v) is 11.5. The van der Waals surface area contributed by atoms with Crippen molar-refractivity contribution in [3.63, 3.8) is 0 Å². The highest BCUT2D eigenvalue weighted by molar-refractivity contribution is 5.85. The number of carboxylic acids is 1. The summed E-state index contributed by atoms with van der Waals surface area (Å²) in [6, 6.07) is 3.60. The Labute approximate surface area is 214 Å². The summed E-state index contributed by atoms with van der Waals surface area (Å²) in [5.41, 5.74) is -0.216. The highest BCUT2D eigenvalue weighted by atomic mass is 19.4. The summed E-state index contributed by atoms with van der Waals surface area (Å²) in [6.07, 6.45) is -8.27. The number of halogens is 3. The molecule has 38 heavy (non-hydrogen) atoms. The third kappa shape index (κ3) is 4.11. The molecule has 208 valence electrons. The number of benzene rings is 1. The molecule has 1 aromatic rings. The van der Waals surface area contributed by atoms with Gasteiger partial charge in [0.2, 0.25) is 6.29 Å². The van der Waals surface area contributed by atoms with Gasteiger partial charge in [0.25, 0.3) is 0 Å². The molecule has 5 rings (SSSR count). The summed E-state index contributed by atoms with van der Waals surface area (Å²) in [5, 5.41) is 40.4. The van der Waals surface area contributed by atoms with Gasteiger partial charge in [-0.15, -0.1) is 0 Å². The van der Waals surface area contributed by atoms with E-state index in [0.29, 0.717) is 30.9 Å². The van der Waals surface area contributed by atoms with Crippen molar-refractivity contribution in [3.8, 4) is 11.5 Å². The highest BCUT2D eigenvalue weighted by Crippen LogP contribution is 2.65. The van der Waals surface area contributed by atoms with Gasteiger partial charge in [-0.25, -0.2) is 9.59 Å². The lowest BCUT2D eigenvalue weighted by Gasteiger charge is -2.61. The van der Waals surface area contributed by atoms with Crippen LogP contribution in [0.5, 0.6) is 11.5 Å². The largest absolute Gasteiger partial charge is 0.493 e. The topological polar surface area (TPSA) is 163 Å². The molecular weight excluding hydrogens is 519 g/mol. The van der Waals surface area contributed by atoms with Crippen LogP contribution in [0.25, 0.3) is 0 Å². The fraction of sp³-hybridized carbons (Fsp3) is 0.542. The van der Waals surface area contributed by atoms with Crippen LogP contribution >= 0.6 is 0 Å². The molecule has 0 radical (unpaired) electrons. The molecule has 11 nitrogen and oxygen atoms in total. The zero-order valence-electron chi connectivity index (χ0n) is 20.3. The van der Waals surface area contributed by atoms with Crippen LogP contribution in [0.3, 0.4) is 0 Å². The SMILES string of the molecule is COc1ccc2c3c1O[C@H]1C(OC(=O)[C@H](O)[C@@H](O)C(=O)O)=CC[C@@]4(O)[C@@H](C2)N(C)CC[C@]314.O=CC(F)(F)F. The van der Waals surface area contributed by atoms with E-state index in [0.717, 1.165) is 11.1 Å². The molecule has 4 N–H and O–H groups in total. The van der Waals surface area contributed by atoms with E-state index in [2.05, 4.69) is 4.90 Å². The zero-order valence-corrected chi connectivity index (χ0v) is 20.3. The number of piperidine rings is 1. The number of carboxylic acid groups (broad SMARTS) is 1. The monoisotopic (exact) mass is 545 g/mol. The second-order valence-electron chi connectivity index (χ2n) is 9.59. The van der Waals surface area contributed by atoms with Gasteiger partial charge in [0.1, 0.15) is 5.76 Å². The summed E-state index contributed by atoms with van der Waals surface area (Å²) in [6.45, 7) is 0.685. The van der Waals surface area contributed by atoms with Crippen LogP contribution in [0, 0.1) is 0 Å². The number of rotatable bonds is 5. The van der Waals surface area contributed by atoms with Gasteiger partial charge in [-0.1, -0.05) is 6.07 Å². The van der Waals surface area contributed by atoms with Crippen LogP contribution in [0.2, 0.25) is 0 Å². The molecule has 6 atom stereocenters. The first kappa shape index (κ1) is 27.8. The number of hydrogen-bond acceptors (Lipinski definition) is 10. The maximum Gasteiger partial charge on any atom is 0.446 e. The summed E-state index contributed by atoms with van der Waals surface area (Å²) >= 11 is 0. The number of alkyl halides is 3. The first-order chi connectivity index (χ1) is 17.7. The van der Waals surface area contributed by atoms with E-state index in [9.17, 15) is 38.1 Å². The van der Waals surface area contributed by atoms with E-state index >= 15 is 0 Å². The highest BCUT2D eigenvalue weighted by Gasteiger charge is 2.72. The maximum absolute atomic E-state index is 12.4. The van der Waals surface area contributed by atoms with Gasteiger partial charge in [0.15, 0.2) is 29.8 Å². The number of carbonyl (C=O) groups excluding carboxylic acids is 2. The van der Waals surface area contributed by atoms with Crippen LogP contribution in [-0.4, -0.2) is 100 Å². The Kier molecular flexibility index (Phi) is 6.97. The van der Waals surface area contributed by atoms with E-state index < -0.39 is 53.7 Å². The number of aliphatic hydroxyl groups excluding tert-OH is 2. The molecule has 1 saturated heterocycles. The second kappa shape index (κ2) is 9.52. The van der Waals surface area contributed by atoms with Gasteiger partial charge < -0.3 is 39.5 Å². The number of carbonyl (C=O) groups is 3. The normalized spacial score (nSPS) is 30.4. The Morgan fingerprint density at radius 3 is 2.50 bits per heavy atom. The number of likely N-dealkylation sites (N-methyl/N-ethyl adjacent to an activating group) is 1. The van der Waals surface area contributed by atoms with Crippen molar-refractivity contribution in [2.24, 2.45) is 0 Å². The minimum absolute atomic E-state index is 0.0747. The predicted molar refractivity (Wildman–Crippen MR) is 119 cm³/mol. The molecule has 14 heteroatoms. The number of aliphatic carboxylic acids is 1. The van der Waals surface area contributed by atoms with Crippen molar-refractivity contribution < 1.29 is 62.2 Å². The molecule has 2 aliphatic carbocycles. The number of hydrogen-bond donors (Lipinski definition) is 4. The quantitative estimate of drug-likeness (QED) is 0.293. The van der Waals surface area contributed by atoms with Crippen LogP contribution < -0.4 is 9.47 Å². The van der Waals surface area contributed by atoms with Crippen molar-refractivity contribution in [2.75, 3.05) is 20.7 Å². The minimum atomic E-state index is -4.64. The lowest BCUT2D eigenvalue weighted by molar-refractivity contribution is -0.177. The number of methoxy groups -OCH3 is 1. The van der Waals surface area contributed by atoms with E-state index in [1.807, 2.05) is 19.2 Å². The van der Waals surface area contributed by atoms with Gasteiger partial charge in [0, 0.05) is 18.0 Å². The average Bonchev–Trinajstić information content (AvgIpc) is 3.22. The molecule has 2 heterocycles. The zero-order chi connectivity index (χ0) is 28.2.